The molecule has 1 atom stereocenters. The number of aryl methyl sites for hydroxylation is 2. The molecule has 0 fully saturated rings. The molecule has 0 amide bonds. The molecule has 0 saturated heterocycles. The highest BCUT2D eigenvalue weighted by atomic mass is 16.5. The van der Waals surface area contributed by atoms with Crippen molar-refractivity contribution in [3.8, 4) is 5.75 Å². The third-order valence-corrected chi connectivity index (χ3v) is 3.94. The fourth-order valence-corrected chi connectivity index (χ4v) is 3.00. The highest BCUT2D eigenvalue weighted by molar-refractivity contribution is 5.61. The monoisotopic (exact) mass is 267 g/mol. The van der Waals surface area contributed by atoms with E-state index in [1.165, 1.54) is 27.9 Å². The molecule has 1 aliphatic heterocycles. The molecule has 0 aliphatic carbocycles. The van der Waals surface area contributed by atoms with Crippen LogP contribution in [0.2, 0.25) is 0 Å². The zero-order valence-electron chi connectivity index (χ0n) is 12.4. The van der Waals surface area contributed by atoms with Gasteiger partial charge in [0.1, 0.15) is 5.75 Å². The summed E-state index contributed by atoms with van der Waals surface area (Å²) in [5.74, 6) is 0.967. The molecular weight excluding hydrogens is 246 g/mol. The molecule has 0 spiro atoms. The number of hydrogen-bond acceptors (Lipinski definition) is 2. The predicted molar refractivity (Wildman–Crippen MR) is 83.6 cm³/mol. The zero-order chi connectivity index (χ0) is 14.1. The van der Waals surface area contributed by atoms with E-state index in [0.29, 0.717) is 12.6 Å². The van der Waals surface area contributed by atoms with Crippen LogP contribution in [0.3, 0.4) is 0 Å². The summed E-state index contributed by atoms with van der Waals surface area (Å²) in [6, 6.07) is 13.4. The SMILES string of the molecule is CCOc1ccc2c(c1)CC(c1ccc(C)cc1C)N2. The van der Waals surface area contributed by atoms with Crippen LogP contribution in [-0.4, -0.2) is 6.61 Å². The summed E-state index contributed by atoms with van der Waals surface area (Å²) in [7, 11) is 0. The van der Waals surface area contributed by atoms with Crippen molar-refractivity contribution in [1.82, 2.24) is 0 Å². The average molecular weight is 267 g/mol. The Hall–Kier alpha value is -1.96. The lowest BCUT2D eigenvalue weighted by Crippen LogP contribution is -2.07. The molecule has 1 N–H and O–H groups in total. The van der Waals surface area contributed by atoms with E-state index in [1.807, 2.05) is 13.0 Å². The van der Waals surface area contributed by atoms with E-state index >= 15 is 0 Å². The average Bonchev–Trinajstić information content (AvgIpc) is 2.81. The van der Waals surface area contributed by atoms with Crippen molar-refractivity contribution in [2.45, 2.75) is 33.2 Å². The fraction of sp³-hybridized carbons (Fsp3) is 0.333. The van der Waals surface area contributed by atoms with Gasteiger partial charge in [0, 0.05) is 5.69 Å². The van der Waals surface area contributed by atoms with E-state index in [2.05, 4.69) is 49.5 Å². The van der Waals surface area contributed by atoms with Crippen molar-refractivity contribution < 1.29 is 4.74 Å². The van der Waals surface area contributed by atoms with E-state index in [-0.39, 0.29) is 0 Å². The predicted octanol–water partition coefficient (Wildman–Crippen LogP) is 4.41. The summed E-state index contributed by atoms with van der Waals surface area (Å²) >= 11 is 0. The number of anilines is 1. The summed E-state index contributed by atoms with van der Waals surface area (Å²) in [6.45, 7) is 7.07. The minimum atomic E-state index is 0.377. The molecule has 1 aliphatic rings. The molecule has 1 heterocycles. The van der Waals surface area contributed by atoms with Gasteiger partial charge in [0.05, 0.1) is 12.6 Å². The van der Waals surface area contributed by atoms with Crippen molar-refractivity contribution in [3.63, 3.8) is 0 Å². The number of ether oxygens (including phenoxy) is 1. The van der Waals surface area contributed by atoms with E-state index < -0.39 is 0 Å². The van der Waals surface area contributed by atoms with Crippen molar-refractivity contribution in [1.29, 1.82) is 0 Å². The first-order valence-corrected chi connectivity index (χ1v) is 7.27. The number of benzene rings is 2. The molecule has 0 saturated carbocycles. The Morgan fingerprint density at radius 3 is 2.75 bits per heavy atom. The summed E-state index contributed by atoms with van der Waals surface area (Å²) in [5.41, 5.74) is 6.66. The summed E-state index contributed by atoms with van der Waals surface area (Å²) in [4.78, 5) is 0. The van der Waals surface area contributed by atoms with Crippen LogP contribution in [-0.2, 0) is 6.42 Å². The summed E-state index contributed by atoms with van der Waals surface area (Å²) in [6.07, 6.45) is 1.03. The maximum absolute atomic E-state index is 5.58. The second-order valence-electron chi connectivity index (χ2n) is 5.51. The minimum Gasteiger partial charge on any atom is -0.494 e. The van der Waals surface area contributed by atoms with Gasteiger partial charge in [-0.1, -0.05) is 23.8 Å². The van der Waals surface area contributed by atoms with Crippen LogP contribution in [0.4, 0.5) is 5.69 Å². The summed E-state index contributed by atoms with van der Waals surface area (Å²) in [5, 5.41) is 3.62. The van der Waals surface area contributed by atoms with E-state index in [4.69, 9.17) is 4.74 Å². The molecule has 1 unspecified atom stereocenters. The molecule has 2 aromatic carbocycles. The Morgan fingerprint density at radius 2 is 2.00 bits per heavy atom. The highest BCUT2D eigenvalue weighted by Crippen LogP contribution is 2.37. The third-order valence-electron chi connectivity index (χ3n) is 3.94. The maximum Gasteiger partial charge on any atom is 0.119 e. The Kier molecular flexibility index (Phi) is 3.39. The molecule has 3 rings (SSSR count). The molecule has 2 nitrogen and oxygen atoms in total. The molecule has 0 bridgehead atoms. The Balaban J connectivity index is 1.86. The van der Waals surface area contributed by atoms with Gasteiger partial charge in [-0.05, 0) is 62.1 Å². The van der Waals surface area contributed by atoms with E-state index in [1.54, 1.807) is 0 Å². The molecular formula is C18H21NO. The minimum absolute atomic E-state index is 0.377. The van der Waals surface area contributed by atoms with Crippen LogP contribution < -0.4 is 10.1 Å². The van der Waals surface area contributed by atoms with Crippen molar-refractivity contribution in [3.05, 3.63) is 58.7 Å². The molecule has 20 heavy (non-hydrogen) atoms. The van der Waals surface area contributed by atoms with Gasteiger partial charge in [0.2, 0.25) is 0 Å². The van der Waals surface area contributed by atoms with Gasteiger partial charge in [0.15, 0.2) is 0 Å². The second-order valence-corrected chi connectivity index (χ2v) is 5.51. The van der Waals surface area contributed by atoms with Crippen molar-refractivity contribution in [2.24, 2.45) is 0 Å². The third kappa shape index (κ3) is 2.38. The molecule has 2 heteroatoms. The first-order chi connectivity index (χ1) is 9.67. The molecule has 2 aromatic rings. The number of hydrogen-bond donors (Lipinski definition) is 1. The van der Waals surface area contributed by atoms with Crippen LogP contribution in [0.15, 0.2) is 36.4 Å². The first kappa shape index (κ1) is 13.0. The van der Waals surface area contributed by atoms with Gasteiger partial charge in [-0.2, -0.15) is 0 Å². The lowest BCUT2D eigenvalue weighted by molar-refractivity contribution is 0.340. The maximum atomic E-state index is 5.58. The molecule has 104 valence electrons. The van der Waals surface area contributed by atoms with Crippen molar-refractivity contribution in [2.75, 3.05) is 11.9 Å². The fourth-order valence-electron chi connectivity index (χ4n) is 3.00. The van der Waals surface area contributed by atoms with Gasteiger partial charge in [-0.25, -0.2) is 0 Å². The van der Waals surface area contributed by atoms with Gasteiger partial charge in [-0.15, -0.1) is 0 Å². The van der Waals surface area contributed by atoms with E-state index in [9.17, 15) is 0 Å². The second kappa shape index (κ2) is 5.20. The lowest BCUT2D eigenvalue weighted by Gasteiger charge is -2.15. The van der Waals surface area contributed by atoms with Crippen molar-refractivity contribution >= 4 is 5.69 Å². The number of nitrogens with one attached hydrogen (secondary N) is 1. The smallest absolute Gasteiger partial charge is 0.119 e. The summed E-state index contributed by atoms with van der Waals surface area (Å²) < 4.78 is 5.58. The quantitative estimate of drug-likeness (QED) is 0.889. The van der Waals surface area contributed by atoms with Gasteiger partial charge < -0.3 is 10.1 Å². The standard InChI is InChI=1S/C18H21NO/c1-4-20-15-6-8-17-14(10-15)11-18(19-17)16-7-5-12(2)9-13(16)3/h5-10,18-19H,4,11H2,1-3H3. The first-order valence-electron chi connectivity index (χ1n) is 7.27. The van der Waals surface area contributed by atoms with Crippen LogP contribution in [0, 0.1) is 13.8 Å². The van der Waals surface area contributed by atoms with Crippen LogP contribution in [0.1, 0.15) is 35.2 Å². The van der Waals surface area contributed by atoms with Crippen LogP contribution >= 0.6 is 0 Å². The Bertz CT molecular complexity index is 633. The Morgan fingerprint density at radius 1 is 1.15 bits per heavy atom. The number of fused-ring (bicyclic) bond motifs is 1. The zero-order valence-corrected chi connectivity index (χ0v) is 12.4. The van der Waals surface area contributed by atoms with Crippen LogP contribution in [0.25, 0.3) is 0 Å². The highest BCUT2D eigenvalue weighted by Gasteiger charge is 2.23. The molecule has 0 aromatic heterocycles. The van der Waals surface area contributed by atoms with Gasteiger partial charge in [-0.3, -0.25) is 0 Å². The lowest BCUT2D eigenvalue weighted by atomic mass is 9.97. The van der Waals surface area contributed by atoms with Crippen LogP contribution in [0.5, 0.6) is 5.75 Å². The normalized spacial score (nSPS) is 16.6. The Labute approximate surface area is 120 Å². The number of rotatable bonds is 3. The topological polar surface area (TPSA) is 21.3 Å². The van der Waals surface area contributed by atoms with Gasteiger partial charge >= 0.3 is 0 Å². The largest absolute Gasteiger partial charge is 0.494 e. The van der Waals surface area contributed by atoms with E-state index in [0.717, 1.165) is 12.2 Å². The molecule has 0 radical (unpaired) electrons. The van der Waals surface area contributed by atoms with Gasteiger partial charge in [0.25, 0.3) is 0 Å².